The topological polar surface area (TPSA) is 75.7 Å². The van der Waals surface area contributed by atoms with Gasteiger partial charge < -0.3 is 10.1 Å². The minimum absolute atomic E-state index is 0.0955. The smallest absolute Gasteiger partial charge is 0.235 e. The monoisotopic (exact) mass is 638 g/mol. The third-order valence-electron chi connectivity index (χ3n) is 9.36. The maximum Gasteiger partial charge on any atom is 0.235 e. The maximum absolute atomic E-state index is 13.9. The van der Waals surface area contributed by atoms with Crippen LogP contribution in [0.5, 0.6) is 11.5 Å². The summed E-state index contributed by atoms with van der Waals surface area (Å²) in [5, 5.41) is 2.92. The summed E-state index contributed by atoms with van der Waals surface area (Å²) in [5.74, 6) is -0.782. The van der Waals surface area contributed by atoms with E-state index in [4.69, 9.17) is 27.9 Å². The number of nitrogens with one attached hydrogen (secondary N) is 1. The number of carbonyl (C=O) groups is 3. The lowest BCUT2D eigenvalue weighted by atomic mass is 9.54. The molecule has 1 aliphatic heterocycles. The summed E-state index contributed by atoms with van der Waals surface area (Å²) < 4.78 is 5.85. The van der Waals surface area contributed by atoms with Gasteiger partial charge in [0.25, 0.3) is 0 Å². The minimum Gasteiger partial charge on any atom is -0.457 e. The zero-order valence-corrected chi connectivity index (χ0v) is 26.3. The molecule has 0 radical (unpaired) electrons. The fraction of sp³-hybridized carbons (Fsp3) is 0.270. The van der Waals surface area contributed by atoms with Crippen LogP contribution in [0.2, 0.25) is 0 Å². The van der Waals surface area contributed by atoms with Crippen LogP contribution in [0.1, 0.15) is 53.5 Å². The minimum atomic E-state index is -1.17. The Morgan fingerprint density at radius 1 is 0.711 bits per heavy atom. The van der Waals surface area contributed by atoms with Crippen molar-refractivity contribution in [3.8, 4) is 11.5 Å². The van der Waals surface area contributed by atoms with Gasteiger partial charge in [-0.3, -0.25) is 19.3 Å². The molecule has 4 aliphatic rings. The molecule has 228 valence electrons. The summed E-state index contributed by atoms with van der Waals surface area (Å²) in [6, 6.07) is 30.3. The number of imide groups is 1. The quantitative estimate of drug-likeness (QED) is 0.115. The van der Waals surface area contributed by atoms with Gasteiger partial charge in [-0.2, -0.15) is 0 Å². The van der Waals surface area contributed by atoms with Gasteiger partial charge in [0.1, 0.15) is 21.2 Å². The molecule has 6 nitrogen and oxygen atoms in total. The molecule has 8 rings (SSSR count). The highest BCUT2D eigenvalue weighted by atomic mass is 35.5. The molecule has 1 heterocycles. The highest BCUT2D eigenvalue weighted by molar-refractivity contribution is 6.36. The van der Waals surface area contributed by atoms with Crippen molar-refractivity contribution in [1.29, 1.82) is 0 Å². The highest BCUT2D eigenvalue weighted by Gasteiger charge is 2.72. The van der Waals surface area contributed by atoms with Crippen molar-refractivity contribution in [2.75, 3.05) is 11.9 Å². The number of aryl methyl sites for hydroxylation is 1. The van der Waals surface area contributed by atoms with E-state index in [2.05, 4.69) is 5.32 Å². The number of hydrogen-bond donors (Lipinski definition) is 1. The van der Waals surface area contributed by atoms with Crippen molar-refractivity contribution in [2.45, 2.75) is 42.4 Å². The summed E-state index contributed by atoms with van der Waals surface area (Å²) in [5.41, 5.74) is 5.03. The van der Waals surface area contributed by atoms with E-state index in [-0.39, 0.29) is 24.3 Å². The number of hydrogen-bond acceptors (Lipinski definition) is 4. The molecule has 45 heavy (non-hydrogen) atoms. The Labute approximate surface area is 272 Å². The number of rotatable bonds is 9. The fourth-order valence-electron chi connectivity index (χ4n) is 7.25. The van der Waals surface area contributed by atoms with E-state index in [9.17, 15) is 14.4 Å². The van der Waals surface area contributed by atoms with Gasteiger partial charge in [-0.05, 0) is 78.4 Å². The van der Waals surface area contributed by atoms with E-state index in [1.54, 1.807) is 0 Å². The van der Waals surface area contributed by atoms with Crippen LogP contribution in [-0.2, 0) is 24.1 Å². The zero-order chi connectivity index (χ0) is 31.3. The first-order valence-electron chi connectivity index (χ1n) is 15.3. The standard InChI is InChI=1S/C37H32Cl2N2O4/c1-23-14-18-25(19-15-23)45-26-20-16-24(17-21-26)40-31(42)13-3-2-8-22-41-34(43)32-33(35(41)44)37(39)28-10-5-4-9-27(28)36(32,38)29-11-6-7-12-30(29)37/h4-7,9-12,14-21,32-33H,2-3,8,13,22H2,1H3,(H,40,42)/t32-,33-,36?,37?/m1/s1. The molecule has 8 heteroatoms. The van der Waals surface area contributed by atoms with Crippen LogP contribution in [0.4, 0.5) is 5.69 Å². The molecule has 4 aromatic carbocycles. The number of unbranched alkanes of at least 4 members (excludes halogenated alkanes) is 2. The summed E-state index contributed by atoms with van der Waals surface area (Å²) >= 11 is 14.9. The van der Waals surface area contributed by atoms with Gasteiger partial charge in [0.15, 0.2) is 0 Å². The molecule has 0 spiro atoms. The van der Waals surface area contributed by atoms with Gasteiger partial charge in [0.2, 0.25) is 17.7 Å². The van der Waals surface area contributed by atoms with Gasteiger partial charge >= 0.3 is 0 Å². The summed E-state index contributed by atoms with van der Waals surface area (Å²) in [4.78, 5) is 39.4. The molecular weight excluding hydrogens is 607 g/mol. The lowest BCUT2D eigenvalue weighted by Crippen LogP contribution is -2.57. The van der Waals surface area contributed by atoms with E-state index < -0.39 is 21.6 Å². The van der Waals surface area contributed by atoms with Gasteiger partial charge in [-0.15, -0.1) is 23.2 Å². The van der Waals surface area contributed by atoms with Crippen LogP contribution in [0, 0.1) is 18.8 Å². The first-order chi connectivity index (χ1) is 21.7. The van der Waals surface area contributed by atoms with Crippen LogP contribution in [0.15, 0.2) is 97.1 Å². The largest absolute Gasteiger partial charge is 0.457 e. The van der Waals surface area contributed by atoms with E-state index in [0.717, 1.165) is 33.6 Å². The van der Waals surface area contributed by atoms with Crippen molar-refractivity contribution >= 4 is 46.6 Å². The van der Waals surface area contributed by atoms with Crippen molar-refractivity contribution < 1.29 is 19.1 Å². The lowest BCUT2D eigenvalue weighted by molar-refractivity contribution is -0.140. The van der Waals surface area contributed by atoms with Crippen LogP contribution < -0.4 is 10.1 Å². The fourth-order valence-corrected chi connectivity index (χ4v) is 8.35. The Hall–Kier alpha value is -4.13. The molecule has 1 saturated heterocycles. The lowest BCUT2D eigenvalue weighted by Gasteiger charge is -2.54. The first kappa shape index (κ1) is 29.6. The Kier molecular flexibility index (Phi) is 7.46. The van der Waals surface area contributed by atoms with Crippen LogP contribution >= 0.6 is 23.2 Å². The molecule has 3 amide bonds. The van der Waals surface area contributed by atoms with Crippen molar-refractivity contribution in [3.05, 3.63) is 125 Å². The van der Waals surface area contributed by atoms with E-state index in [1.807, 2.05) is 104 Å². The summed E-state index contributed by atoms with van der Waals surface area (Å²) in [7, 11) is 0. The highest BCUT2D eigenvalue weighted by Crippen LogP contribution is 2.69. The summed E-state index contributed by atoms with van der Waals surface area (Å²) in [6.07, 6.45) is 2.22. The van der Waals surface area contributed by atoms with Crippen LogP contribution in [-0.4, -0.2) is 29.2 Å². The molecule has 3 aliphatic carbocycles. The second-order valence-electron chi connectivity index (χ2n) is 12.1. The number of alkyl halides is 2. The average Bonchev–Trinajstić information content (AvgIpc) is 3.31. The Bertz CT molecular complexity index is 1680. The molecule has 1 N–H and O–H groups in total. The number of ether oxygens (including phenoxy) is 1. The third-order valence-corrected chi connectivity index (χ3v) is 10.6. The number of halogens is 2. The van der Waals surface area contributed by atoms with E-state index in [1.165, 1.54) is 4.90 Å². The maximum atomic E-state index is 13.9. The number of amides is 3. The Morgan fingerprint density at radius 3 is 1.67 bits per heavy atom. The number of benzene rings is 4. The molecule has 0 saturated carbocycles. The molecule has 0 unspecified atom stereocenters. The molecule has 0 aromatic heterocycles. The van der Waals surface area contributed by atoms with Crippen LogP contribution in [0.3, 0.4) is 0 Å². The predicted octanol–water partition coefficient (Wildman–Crippen LogP) is 7.88. The molecule has 2 atom stereocenters. The molecule has 4 aromatic rings. The average molecular weight is 640 g/mol. The number of nitrogens with zero attached hydrogens (tertiary/aromatic N) is 1. The van der Waals surface area contributed by atoms with Gasteiger partial charge in [0, 0.05) is 18.7 Å². The second-order valence-corrected chi connectivity index (χ2v) is 13.3. The zero-order valence-electron chi connectivity index (χ0n) is 24.8. The number of carbonyl (C=O) groups excluding carboxylic acids is 3. The molecule has 1 fully saturated rings. The first-order valence-corrected chi connectivity index (χ1v) is 16.1. The number of likely N-dealkylation sites (tertiary alicyclic amines) is 1. The summed E-state index contributed by atoms with van der Waals surface area (Å²) in [6.45, 7) is 2.29. The van der Waals surface area contributed by atoms with E-state index >= 15 is 0 Å². The molecule has 2 bridgehead atoms. The van der Waals surface area contributed by atoms with Crippen molar-refractivity contribution in [1.82, 2.24) is 4.90 Å². The Balaban J connectivity index is 0.952. The normalized spacial score (nSPS) is 24.2. The Morgan fingerprint density at radius 2 is 1.18 bits per heavy atom. The SMILES string of the molecule is Cc1ccc(Oc2ccc(NC(=O)CCCCCN3C(=O)[C@H]4[C@H](C3=O)C3(Cl)c5ccccc5C4(Cl)c4ccccc43)cc2)cc1. The van der Waals surface area contributed by atoms with Gasteiger partial charge in [-0.25, -0.2) is 0 Å². The van der Waals surface area contributed by atoms with Gasteiger partial charge in [-0.1, -0.05) is 72.6 Å². The third kappa shape index (κ3) is 4.74. The second kappa shape index (κ2) is 11.3. The number of anilines is 1. The molecular formula is C37H32Cl2N2O4. The van der Waals surface area contributed by atoms with Crippen molar-refractivity contribution in [3.63, 3.8) is 0 Å². The predicted molar refractivity (Wildman–Crippen MR) is 175 cm³/mol. The van der Waals surface area contributed by atoms with Gasteiger partial charge in [0.05, 0.1) is 11.8 Å². The van der Waals surface area contributed by atoms with Crippen molar-refractivity contribution in [2.24, 2.45) is 11.8 Å². The van der Waals surface area contributed by atoms with Crippen LogP contribution in [0.25, 0.3) is 0 Å². The van der Waals surface area contributed by atoms with E-state index in [0.29, 0.717) is 37.1 Å².